The number of hydrogen-bond donors (Lipinski definition) is 0. The van der Waals surface area contributed by atoms with Crippen LogP contribution in [-0.2, 0) is 15.9 Å². The second-order valence-electron chi connectivity index (χ2n) is 7.04. The monoisotopic (exact) mass is 398 g/mol. The molecule has 0 radical (unpaired) electrons. The smallest absolute Gasteiger partial charge is 0.342 e. The van der Waals surface area contributed by atoms with Gasteiger partial charge in [0.15, 0.2) is 11.5 Å². The SMILES string of the molecule is COC(=O)c1c(-c2ccc(F)cc2)cc(C)n2nc(CCN3CCOCC3)nc12. The first-order chi connectivity index (χ1) is 14.1. The molecule has 8 heteroatoms. The quantitative estimate of drug-likeness (QED) is 0.615. The Kier molecular flexibility index (Phi) is 5.55. The van der Waals surface area contributed by atoms with Crippen molar-refractivity contribution in [2.24, 2.45) is 0 Å². The second kappa shape index (κ2) is 8.26. The van der Waals surface area contributed by atoms with E-state index in [4.69, 9.17) is 9.47 Å². The Morgan fingerprint density at radius 3 is 2.66 bits per heavy atom. The number of halogens is 1. The molecule has 7 nitrogen and oxygen atoms in total. The molecule has 0 atom stereocenters. The molecule has 0 spiro atoms. The summed E-state index contributed by atoms with van der Waals surface area (Å²) >= 11 is 0. The van der Waals surface area contributed by atoms with Gasteiger partial charge in [0.1, 0.15) is 11.4 Å². The van der Waals surface area contributed by atoms with Crippen LogP contribution in [0, 0.1) is 12.7 Å². The van der Waals surface area contributed by atoms with Gasteiger partial charge in [0.25, 0.3) is 0 Å². The van der Waals surface area contributed by atoms with Crippen LogP contribution in [0.15, 0.2) is 30.3 Å². The molecular formula is C21H23FN4O3. The van der Waals surface area contributed by atoms with E-state index >= 15 is 0 Å². The number of esters is 1. The Balaban J connectivity index is 1.74. The van der Waals surface area contributed by atoms with Crippen LogP contribution >= 0.6 is 0 Å². The molecule has 1 saturated heterocycles. The molecule has 4 rings (SSSR count). The minimum absolute atomic E-state index is 0.329. The van der Waals surface area contributed by atoms with Gasteiger partial charge in [0.05, 0.1) is 20.3 Å². The van der Waals surface area contributed by atoms with E-state index in [9.17, 15) is 9.18 Å². The summed E-state index contributed by atoms with van der Waals surface area (Å²) in [5.74, 6) is -0.165. The van der Waals surface area contributed by atoms with Crippen LogP contribution < -0.4 is 0 Å². The molecule has 0 N–H and O–H groups in total. The van der Waals surface area contributed by atoms with Gasteiger partial charge in [-0.05, 0) is 30.7 Å². The van der Waals surface area contributed by atoms with Crippen molar-refractivity contribution in [3.05, 3.63) is 53.2 Å². The summed E-state index contributed by atoms with van der Waals surface area (Å²) in [5.41, 5.74) is 2.98. The molecule has 1 aliphatic rings. The average molecular weight is 398 g/mol. The first-order valence-corrected chi connectivity index (χ1v) is 9.60. The first kappa shape index (κ1) is 19.5. The van der Waals surface area contributed by atoms with E-state index in [1.807, 2.05) is 13.0 Å². The number of benzene rings is 1. The zero-order chi connectivity index (χ0) is 20.4. The van der Waals surface area contributed by atoms with Crippen LogP contribution in [0.2, 0.25) is 0 Å². The van der Waals surface area contributed by atoms with Gasteiger partial charge in [-0.1, -0.05) is 12.1 Å². The van der Waals surface area contributed by atoms with Gasteiger partial charge < -0.3 is 9.47 Å². The standard InChI is InChI=1S/C21H23FN4O3/c1-14-13-17(15-3-5-16(22)6-4-15)19(21(27)28-2)20-23-18(24-26(14)20)7-8-25-9-11-29-12-10-25/h3-6,13H,7-12H2,1-2H3. The van der Waals surface area contributed by atoms with Crippen molar-refractivity contribution in [2.75, 3.05) is 40.0 Å². The van der Waals surface area contributed by atoms with Gasteiger partial charge >= 0.3 is 5.97 Å². The highest BCUT2D eigenvalue weighted by Crippen LogP contribution is 2.29. The zero-order valence-corrected chi connectivity index (χ0v) is 16.5. The summed E-state index contributed by atoms with van der Waals surface area (Å²) in [6.07, 6.45) is 0.674. The van der Waals surface area contributed by atoms with Crippen LogP contribution in [0.25, 0.3) is 16.8 Å². The third-order valence-electron chi connectivity index (χ3n) is 5.13. The minimum Gasteiger partial charge on any atom is -0.465 e. The lowest BCUT2D eigenvalue weighted by atomic mass is 10.00. The molecular weight excluding hydrogens is 375 g/mol. The maximum atomic E-state index is 13.4. The number of aromatic nitrogens is 3. The van der Waals surface area contributed by atoms with Crippen LogP contribution in [0.4, 0.5) is 4.39 Å². The number of rotatable bonds is 5. The van der Waals surface area contributed by atoms with E-state index in [2.05, 4.69) is 15.0 Å². The van der Waals surface area contributed by atoms with Crippen LogP contribution in [0.3, 0.4) is 0 Å². The Morgan fingerprint density at radius 2 is 1.97 bits per heavy atom. The van der Waals surface area contributed by atoms with Crippen molar-refractivity contribution in [3.8, 4) is 11.1 Å². The number of morpholine rings is 1. The van der Waals surface area contributed by atoms with E-state index in [-0.39, 0.29) is 5.82 Å². The van der Waals surface area contributed by atoms with Crippen molar-refractivity contribution in [1.29, 1.82) is 0 Å². The van der Waals surface area contributed by atoms with Crippen molar-refractivity contribution in [3.63, 3.8) is 0 Å². The Labute approximate surface area is 168 Å². The Hall–Kier alpha value is -2.84. The fourth-order valence-corrected chi connectivity index (χ4v) is 3.57. The normalized spacial score (nSPS) is 15.0. The largest absolute Gasteiger partial charge is 0.465 e. The van der Waals surface area contributed by atoms with Crippen molar-refractivity contribution >= 4 is 11.6 Å². The fourth-order valence-electron chi connectivity index (χ4n) is 3.57. The summed E-state index contributed by atoms with van der Waals surface area (Å²) in [7, 11) is 1.34. The van der Waals surface area contributed by atoms with E-state index in [1.54, 1.807) is 16.6 Å². The van der Waals surface area contributed by atoms with Crippen molar-refractivity contribution < 1.29 is 18.7 Å². The molecule has 1 aliphatic heterocycles. The number of ether oxygens (including phenoxy) is 2. The number of aryl methyl sites for hydroxylation is 1. The second-order valence-corrected chi connectivity index (χ2v) is 7.04. The van der Waals surface area contributed by atoms with E-state index in [0.29, 0.717) is 29.0 Å². The highest BCUT2D eigenvalue weighted by atomic mass is 19.1. The average Bonchev–Trinajstić information content (AvgIpc) is 3.18. The van der Waals surface area contributed by atoms with Crippen LogP contribution in [0.5, 0.6) is 0 Å². The molecule has 0 amide bonds. The topological polar surface area (TPSA) is 69.0 Å². The van der Waals surface area contributed by atoms with Gasteiger partial charge in [-0.2, -0.15) is 5.10 Å². The molecule has 3 heterocycles. The van der Waals surface area contributed by atoms with Crippen molar-refractivity contribution in [2.45, 2.75) is 13.3 Å². The third kappa shape index (κ3) is 3.99. The molecule has 152 valence electrons. The number of nitrogens with zero attached hydrogens (tertiary/aromatic N) is 4. The lowest BCUT2D eigenvalue weighted by molar-refractivity contribution is 0.0382. The maximum Gasteiger partial charge on any atom is 0.342 e. The molecule has 0 bridgehead atoms. The van der Waals surface area contributed by atoms with Gasteiger partial charge in [-0.3, -0.25) is 4.90 Å². The van der Waals surface area contributed by atoms with Gasteiger partial charge in [0, 0.05) is 37.3 Å². The highest BCUT2D eigenvalue weighted by molar-refractivity contribution is 6.03. The zero-order valence-electron chi connectivity index (χ0n) is 16.5. The predicted octanol–water partition coefficient (Wildman–Crippen LogP) is 2.51. The number of carbonyl (C=O) groups excluding carboxylic acids is 1. The van der Waals surface area contributed by atoms with E-state index in [1.165, 1.54) is 19.2 Å². The number of carbonyl (C=O) groups is 1. The van der Waals surface area contributed by atoms with Crippen LogP contribution in [0.1, 0.15) is 21.9 Å². The Bertz CT molecular complexity index is 1030. The third-order valence-corrected chi connectivity index (χ3v) is 5.13. The number of hydrogen-bond acceptors (Lipinski definition) is 6. The fraction of sp³-hybridized carbons (Fsp3) is 0.381. The molecule has 29 heavy (non-hydrogen) atoms. The lowest BCUT2D eigenvalue weighted by Gasteiger charge is -2.25. The predicted molar refractivity (Wildman–Crippen MR) is 105 cm³/mol. The number of pyridine rings is 1. The van der Waals surface area contributed by atoms with Gasteiger partial charge in [-0.15, -0.1) is 0 Å². The molecule has 0 saturated carbocycles. The molecule has 0 aliphatic carbocycles. The van der Waals surface area contributed by atoms with Gasteiger partial charge in [-0.25, -0.2) is 18.7 Å². The summed E-state index contributed by atoms with van der Waals surface area (Å²) in [5, 5.41) is 4.60. The summed E-state index contributed by atoms with van der Waals surface area (Å²) in [4.78, 5) is 19.6. The summed E-state index contributed by atoms with van der Waals surface area (Å²) in [6.45, 7) is 6.01. The van der Waals surface area contributed by atoms with Crippen molar-refractivity contribution in [1.82, 2.24) is 19.5 Å². The Morgan fingerprint density at radius 1 is 1.24 bits per heavy atom. The van der Waals surface area contributed by atoms with Gasteiger partial charge in [0.2, 0.25) is 0 Å². The number of fused-ring (bicyclic) bond motifs is 1. The molecule has 3 aromatic rings. The van der Waals surface area contributed by atoms with E-state index in [0.717, 1.165) is 44.1 Å². The van der Waals surface area contributed by atoms with E-state index < -0.39 is 5.97 Å². The molecule has 0 unspecified atom stereocenters. The molecule has 1 fully saturated rings. The summed E-state index contributed by atoms with van der Waals surface area (Å²) < 4.78 is 25.4. The minimum atomic E-state index is -0.499. The molecule has 2 aromatic heterocycles. The maximum absolute atomic E-state index is 13.4. The lowest BCUT2D eigenvalue weighted by Crippen LogP contribution is -2.37. The first-order valence-electron chi connectivity index (χ1n) is 9.60. The highest BCUT2D eigenvalue weighted by Gasteiger charge is 2.23. The number of methoxy groups -OCH3 is 1. The summed E-state index contributed by atoms with van der Waals surface area (Å²) in [6, 6.07) is 7.87. The van der Waals surface area contributed by atoms with Crippen LogP contribution in [-0.4, -0.2) is 65.4 Å². The molecule has 1 aromatic carbocycles.